The summed E-state index contributed by atoms with van der Waals surface area (Å²) in [5.74, 6) is 0. The van der Waals surface area contributed by atoms with Crippen LogP contribution in [0.1, 0.15) is 5.56 Å². The van der Waals surface area contributed by atoms with Crippen molar-refractivity contribution >= 4 is 23.2 Å². The molecule has 1 aromatic rings. The van der Waals surface area contributed by atoms with Crippen molar-refractivity contribution in [3.63, 3.8) is 0 Å². The molecule has 2 nitrogen and oxygen atoms in total. The van der Waals surface area contributed by atoms with Crippen LogP contribution >= 0.6 is 23.2 Å². The first-order chi connectivity index (χ1) is 7.19. The van der Waals surface area contributed by atoms with Gasteiger partial charge in [0.25, 0.3) is 0 Å². The van der Waals surface area contributed by atoms with Crippen LogP contribution in [0.4, 0.5) is 0 Å². The summed E-state index contributed by atoms with van der Waals surface area (Å²) in [6.07, 6.45) is 0.809. The van der Waals surface area contributed by atoms with E-state index in [0.29, 0.717) is 16.7 Å². The zero-order chi connectivity index (χ0) is 11.3. The SMILES string of the molecule is CNC(COC)Cc1cccc(Cl)c1Cl. The van der Waals surface area contributed by atoms with Crippen LogP contribution in [0.15, 0.2) is 18.2 Å². The summed E-state index contributed by atoms with van der Waals surface area (Å²) in [5.41, 5.74) is 1.04. The quantitative estimate of drug-likeness (QED) is 0.865. The maximum Gasteiger partial charge on any atom is 0.0624 e. The Morgan fingerprint density at radius 1 is 1.40 bits per heavy atom. The van der Waals surface area contributed by atoms with Crippen LogP contribution in [-0.2, 0) is 11.2 Å². The molecule has 0 aromatic heterocycles. The number of nitrogens with one attached hydrogen (secondary N) is 1. The average Bonchev–Trinajstić information content (AvgIpc) is 2.24. The molecule has 0 amide bonds. The summed E-state index contributed by atoms with van der Waals surface area (Å²) in [5, 5.41) is 4.40. The first-order valence-electron chi connectivity index (χ1n) is 4.78. The standard InChI is InChI=1S/C11H15Cl2NO/c1-14-9(7-15-2)6-8-4-3-5-10(12)11(8)13/h3-5,9,14H,6-7H2,1-2H3. The molecule has 0 aliphatic carbocycles. The highest BCUT2D eigenvalue weighted by Gasteiger charge is 2.10. The molecule has 15 heavy (non-hydrogen) atoms. The molecule has 1 atom stereocenters. The van der Waals surface area contributed by atoms with Gasteiger partial charge in [-0.2, -0.15) is 0 Å². The zero-order valence-electron chi connectivity index (χ0n) is 8.89. The summed E-state index contributed by atoms with van der Waals surface area (Å²) < 4.78 is 5.10. The first kappa shape index (κ1) is 12.8. The smallest absolute Gasteiger partial charge is 0.0624 e. The number of hydrogen-bond acceptors (Lipinski definition) is 2. The van der Waals surface area contributed by atoms with Gasteiger partial charge in [0.1, 0.15) is 0 Å². The van der Waals surface area contributed by atoms with Gasteiger partial charge in [-0.3, -0.25) is 0 Å². The van der Waals surface area contributed by atoms with Gasteiger partial charge in [-0.15, -0.1) is 0 Å². The number of likely N-dealkylation sites (N-methyl/N-ethyl adjacent to an activating group) is 1. The van der Waals surface area contributed by atoms with Gasteiger partial charge in [0.15, 0.2) is 0 Å². The maximum absolute atomic E-state index is 6.09. The third-order valence-electron chi connectivity index (χ3n) is 2.27. The largest absolute Gasteiger partial charge is 0.383 e. The lowest BCUT2D eigenvalue weighted by Crippen LogP contribution is -2.32. The Morgan fingerprint density at radius 2 is 2.13 bits per heavy atom. The van der Waals surface area contributed by atoms with E-state index in [4.69, 9.17) is 27.9 Å². The molecule has 1 unspecified atom stereocenters. The predicted molar refractivity (Wildman–Crippen MR) is 64.9 cm³/mol. The highest BCUT2D eigenvalue weighted by molar-refractivity contribution is 6.42. The fraction of sp³-hybridized carbons (Fsp3) is 0.455. The Labute approximate surface area is 101 Å². The van der Waals surface area contributed by atoms with Crippen LogP contribution in [0.25, 0.3) is 0 Å². The van der Waals surface area contributed by atoms with Gasteiger partial charge in [0, 0.05) is 13.2 Å². The predicted octanol–water partition coefficient (Wildman–Crippen LogP) is 2.77. The lowest BCUT2D eigenvalue weighted by molar-refractivity contribution is 0.169. The van der Waals surface area contributed by atoms with Gasteiger partial charge >= 0.3 is 0 Å². The van der Waals surface area contributed by atoms with E-state index in [1.54, 1.807) is 13.2 Å². The van der Waals surface area contributed by atoms with Crippen molar-refractivity contribution in [2.24, 2.45) is 0 Å². The highest BCUT2D eigenvalue weighted by Crippen LogP contribution is 2.26. The Balaban J connectivity index is 2.74. The monoisotopic (exact) mass is 247 g/mol. The fourth-order valence-corrected chi connectivity index (χ4v) is 1.81. The third kappa shape index (κ3) is 3.65. The van der Waals surface area contributed by atoms with Gasteiger partial charge in [-0.1, -0.05) is 35.3 Å². The van der Waals surface area contributed by atoms with Crippen molar-refractivity contribution in [2.45, 2.75) is 12.5 Å². The van der Waals surface area contributed by atoms with Crippen molar-refractivity contribution in [3.05, 3.63) is 33.8 Å². The van der Waals surface area contributed by atoms with Gasteiger partial charge < -0.3 is 10.1 Å². The lowest BCUT2D eigenvalue weighted by Gasteiger charge is -2.16. The number of ether oxygens (including phenoxy) is 1. The third-order valence-corrected chi connectivity index (χ3v) is 3.13. The summed E-state index contributed by atoms with van der Waals surface area (Å²) in [4.78, 5) is 0. The van der Waals surface area contributed by atoms with Gasteiger partial charge in [-0.25, -0.2) is 0 Å². The molecular weight excluding hydrogens is 233 g/mol. The number of benzene rings is 1. The van der Waals surface area contributed by atoms with E-state index >= 15 is 0 Å². The molecule has 0 heterocycles. The van der Waals surface area contributed by atoms with E-state index < -0.39 is 0 Å². The molecule has 0 radical (unpaired) electrons. The normalized spacial score (nSPS) is 12.8. The molecule has 0 spiro atoms. The highest BCUT2D eigenvalue weighted by atomic mass is 35.5. The lowest BCUT2D eigenvalue weighted by atomic mass is 10.1. The Hall–Kier alpha value is -0.280. The second-order valence-electron chi connectivity index (χ2n) is 3.36. The first-order valence-corrected chi connectivity index (χ1v) is 5.53. The van der Waals surface area contributed by atoms with Crippen molar-refractivity contribution in [1.82, 2.24) is 5.32 Å². The van der Waals surface area contributed by atoms with Crippen LogP contribution in [0.2, 0.25) is 10.0 Å². The van der Waals surface area contributed by atoms with E-state index in [1.807, 2.05) is 19.2 Å². The summed E-state index contributed by atoms with van der Waals surface area (Å²) in [6.45, 7) is 0.652. The van der Waals surface area contributed by atoms with Crippen LogP contribution in [0.3, 0.4) is 0 Å². The Kier molecular flexibility index (Phi) is 5.40. The van der Waals surface area contributed by atoms with Gasteiger partial charge in [-0.05, 0) is 25.1 Å². The van der Waals surface area contributed by atoms with Crippen molar-refractivity contribution in [2.75, 3.05) is 20.8 Å². The number of halogens is 2. The van der Waals surface area contributed by atoms with Crippen LogP contribution in [-0.4, -0.2) is 26.8 Å². The minimum Gasteiger partial charge on any atom is -0.383 e. The molecule has 1 rings (SSSR count). The molecule has 4 heteroatoms. The van der Waals surface area contributed by atoms with Crippen molar-refractivity contribution in [3.8, 4) is 0 Å². The summed E-state index contributed by atoms with van der Waals surface area (Å²) >= 11 is 12.0. The average molecular weight is 248 g/mol. The van der Waals surface area contributed by atoms with Gasteiger partial charge in [0.2, 0.25) is 0 Å². The molecule has 0 fully saturated rings. The van der Waals surface area contributed by atoms with Gasteiger partial charge in [0.05, 0.1) is 16.7 Å². The molecule has 84 valence electrons. The molecule has 0 aliphatic heterocycles. The van der Waals surface area contributed by atoms with Crippen molar-refractivity contribution < 1.29 is 4.74 Å². The molecule has 1 aromatic carbocycles. The number of hydrogen-bond donors (Lipinski definition) is 1. The second kappa shape index (κ2) is 6.33. The minimum absolute atomic E-state index is 0.256. The zero-order valence-corrected chi connectivity index (χ0v) is 10.4. The van der Waals surface area contributed by atoms with Crippen LogP contribution in [0, 0.1) is 0 Å². The summed E-state index contributed by atoms with van der Waals surface area (Å²) in [6, 6.07) is 5.93. The topological polar surface area (TPSA) is 21.3 Å². The molecule has 0 saturated carbocycles. The van der Waals surface area contributed by atoms with Crippen LogP contribution < -0.4 is 5.32 Å². The van der Waals surface area contributed by atoms with E-state index in [-0.39, 0.29) is 6.04 Å². The molecule has 0 saturated heterocycles. The molecule has 0 aliphatic rings. The Bertz CT molecular complexity index is 317. The fourth-order valence-electron chi connectivity index (χ4n) is 1.42. The number of methoxy groups -OCH3 is 1. The van der Waals surface area contributed by atoms with Crippen molar-refractivity contribution in [1.29, 1.82) is 0 Å². The molecule has 1 N–H and O–H groups in total. The van der Waals surface area contributed by atoms with E-state index in [0.717, 1.165) is 12.0 Å². The van der Waals surface area contributed by atoms with E-state index in [9.17, 15) is 0 Å². The van der Waals surface area contributed by atoms with Crippen LogP contribution in [0.5, 0.6) is 0 Å². The van der Waals surface area contributed by atoms with E-state index in [1.165, 1.54) is 0 Å². The molecule has 0 bridgehead atoms. The van der Waals surface area contributed by atoms with E-state index in [2.05, 4.69) is 5.32 Å². The summed E-state index contributed by atoms with van der Waals surface area (Å²) in [7, 11) is 3.59. The maximum atomic E-state index is 6.09. The molecular formula is C11H15Cl2NO. The Morgan fingerprint density at radius 3 is 2.73 bits per heavy atom. The second-order valence-corrected chi connectivity index (χ2v) is 4.14. The number of rotatable bonds is 5. The minimum atomic E-state index is 0.256.